The summed E-state index contributed by atoms with van der Waals surface area (Å²) in [5.74, 6) is -3.60. The third-order valence-electron chi connectivity index (χ3n) is 6.56. The van der Waals surface area contributed by atoms with Crippen LogP contribution in [0.2, 0.25) is 5.02 Å². The molecule has 2 heterocycles. The molecule has 2 aliphatic rings. The number of aliphatic carboxylic acids is 2. The zero-order chi connectivity index (χ0) is 27.9. The summed E-state index contributed by atoms with van der Waals surface area (Å²) in [6.07, 6.45) is -3.46. The molecule has 0 saturated carbocycles. The summed E-state index contributed by atoms with van der Waals surface area (Å²) in [6.45, 7) is 4.18. The molecule has 208 valence electrons. The fourth-order valence-corrected chi connectivity index (χ4v) is 4.81. The number of hydrogen-bond donors (Lipinski definition) is 4. The summed E-state index contributed by atoms with van der Waals surface area (Å²) in [7, 11) is 0. The van der Waals surface area contributed by atoms with Crippen molar-refractivity contribution >= 4 is 29.2 Å². The molecule has 2 aromatic rings. The van der Waals surface area contributed by atoms with Gasteiger partial charge < -0.3 is 25.5 Å². The highest BCUT2D eigenvalue weighted by atomic mass is 35.5. The Bertz CT molecular complexity index is 1080. The average molecular weight is 558 g/mol. The van der Waals surface area contributed by atoms with Gasteiger partial charge >= 0.3 is 18.1 Å². The maximum atomic E-state index is 11.2. The van der Waals surface area contributed by atoms with Crippen molar-refractivity contribution in [1.29, 1.82) is 0 Å². The quantitative estimate of drug-likeness (QED) is 0.410. The molecule has 2 aliphatic heterocycles. The predicted molar refractivity (Wildman–Crippen MR) is 136 cm³/mol. The Hall–Kier alpha value is -2.86. The van der Waals surface area contributed by atoms with Gasteiger partial charge in [-0.3, -0.25) is 9.69 Å². The topological polar surface area (TPSA) is 113 Å². The number of alkyl halides is 3. The highest BCUT2D eigenvalue weighted by Gasteiger charge is 2.38. The summed E-state index contributed by atoms with van der Waals surface area (Å²) in [5, 5.41) is 31.4. The number of β-amino-alcohol motifs (C(OH)–C–C–N with tert-alkyl or cyclic N) is 1. The van der Waals surface area contributed by atoms with Gasteiger partial charge in [0.25, 0.3) is 0 Å². The van der Waals surface area contributed by atoms with E-state index in [0.717, 1.165) is 48.7 Å². The molecule has 12 heteroatoms. The first-order valence-corrected chi connectivity index (χ1v) is 12.6. The van der Waals surface area contributed by atoms with Crippen LogP contribution >= 0.6 is 11.6 Å². The molecule has 0 bridgehead atoms. The number of aliphatic hydroxyl groups is 1. The molecule has 0 aliphatic carbocycles. The summed E-state index contributed by atoms with van der Waals surface area (Å²) in [6, 6.07) is 16.0. The van der Waals surface area contributed by atoms with Gasteiger partial charge in [-0.1, -0.05) is 41.9 Å². The van der Waals surface area contributed by atoms with Crippen LogP contribution in [0.3, 0.4) is 0 Å². The van der Waals surface area contributed by atoms with Gasteiger partial charge in [-0.05, 0) is 55.3 Å². The van der Waals surface area contributed by atoms with E-state index in [1.54, 1.807) is 0 Å². The van der Waals surface area contributed by atoms with Crippen molar-refractivity contribution in [2.45, 2.75) is 50.2 Å². The maximum Gasteiger partial charge on any atom is 0.490 e. The monoisotopic (exact) mass is 557 g/mol. The number of carboxylic acids is 2. The number of nitrogens with zero attached hydrogens (tertiary/aromatic N) is 2. The molecule has 2 atom stereocenters. The second-order valence-electron chi connectivity index (χ2n) is 9.42. The van der Waals surface area contributed by atoms with E-state index in [2.05, 4.69) is 27.2 Å². The number of piperidine rings is 1. The minimum absolute atomic E-state index is 0.00700. The Morgan fingerprint density at radius 3 is 2.18 bits per heavy atom. The Morgan fingerprint density at radius 2 is 1.61 bits per heavy atom. The number of aliphatic hydroxyl groups excluding tert-OH is 1. The van der Waals surface area contributed by atoms with Crippen molar-refractivity contribution in [3.63, 3.8) is 0 Å². The van der Waals surface area contributed by atoms with Crippen LogP contribution in [0.25, 0.3) is 0 Å². The molecular weight excluding hydrogens is 527 g/mol. The number of carboxylic acid groups (broad SMARTS) is 2. The van der Waals surface area contributed by atoms with Crippen LogP contribution in [-0.4, -0.2) is 82.7 Å². The Kier molecular flexibility index (Phi) is 10.4. The van der Waals surface area contributed by atoms with Crippen LogP contribution in [0.15, 0.2) is 48.5 Å². The summed E-state index contributed by atoms with van der Waals surface area (Å²) >= 11 is 5.97. The van der Waals surface area contributed by atoms with Crippen LogP contribution in [-0.2, 0) is 22.6 Å². The largest absolute Gasteiger partial charge is 0.490 e. The Labute approximate surface area is 223 Å². The number of para-hydroxylation sites is 1. The standard InChI is InChI=1S/C24H30ClN3O3.C2HF3O2/c25-19-7-5-17(6-8-19)14-27-11-9-20(10-12-27)26-21-15-28(16-23(21)29)22-4-2-1-3-18(22)13-24(30)31;3-2(4,5)1(6)7/h1-8,20-21,23,26,29H,9-16H2,(H,30,31);(H,6,7)/t21?,23-;/m1./s1. The van der Waals surface area contributed by atoms with Crippen molar-refractivity contribution in [3.05, 3.63) is 64.7 Å². The van der Waals surface area contributed by atoms with E-state index in [4.69, 9.17) is 21.5 Å². The number of halogens is 4. The van der Waals surface area contributed by atoms with Gasteiger partial charge in [0.15, 0.2) is 0 Å². The molecule has 4 N–H and O–H groups in total. The normalized spacial score (nSPS) is 20.6. The molecule has 4 rings (SSSR count). The van der Waals surface area contributed by atoms with Crippen molar-refractivity contribution < 1.29 is 38.1 Å². The van der Waals surface area contributed by atoms with Gasteiger partial charge in [0.05, 0.1) is 18.6 Å². The number of benzene rings is 2. The molecule has 2 saturated heterocycles. The van der Waals surface area contributed by atoms with Gasteiger partial charge in [-0.25, -0.2) is 4.79 Å². The van der Waals surface area contributed by atoms with E-state index in [1.165, 1.54) is 5.56 Å². The molecule has 0 aromatic heterocycles. The van der Waals surface area contributed by atoms with E-state index in [0.29, 0.717) is 19.1 Å². The third kappa shape index (κ3) is 8.87. The first-order valence-electron chi connectivity index (χ1n) is 12.2. The molecule has 38 heavy (non-hydrogen) atoms. The molecule has 2 fully saturated rings. The predicted octanol–water partition coefficient (Wildman–Crippen LogP) is 3.40. The number of anilines is 1. The molecule has 2 aromatic carbocycles. The van der Waals surface area contributed by atoms with E-state index < -0.39 is 24.2 Å². The summed E-state index contributed by atoms with van der Waals surface area (Å²) in [5.41, 5.74) is 2.97. The van der Waals surface area contributed by atoms with Gasteiger partial charge in [-0.2, -0.15) is 13.2 Å². The smallest absolute Gasteiger partial charge is 0.481 e. The van der Waals surface area contributed by atoms with Crippen LogP contribution in [0.1, 0.15) is 24.0 Å². The summed E-state index contributed by atoms with van der Waals surface area (Å²) in [4.78, 5) is 24.7. The average Bonchev–Trinajstić information content (AvgIpc) is 3.21. The van der Waals surface area contributed by atoms with E-state index in [-0.39, 0.29) is 12.5 Å². The molecule has 1 unspecified atom stereocenters. The lowest BCUT2D eigenvalue weighted by atomic mass is 10.0. The first kappa shape index (κ1) is 29.7. The highest BCUT2D eigenvalue weighted by molar-refractivity contribution is 6.30. The van der Waals surface area contributed by atoms with E-state index in [9.17, 15) is 28.2 Å². The SMILES string of the molecule is O=C(O)C(F)(F)F.O=C(O)Cc1ccccc1N1CC(NC2CCN(Cc3ccc(Cl)cc3)CC2)[C@H](O)C1. The van der Waals surface area contributed by atoms with Crippen molar-refractivity contribution in [3.8, 4) is 0 Å². The second-order valence-corrected chi connectivity index (χ2v) is 9.86. The number of hydrogen-bond acceptors (Lipinski definition) is 6. The zero-order valence-electron chi connectivity index (χ0n) is 20.6. The van der Waals surface area contributed by atoms with Crippen LogP contribution in [0.5, 0.6) is 0 Å². The fourth-order valence-electron chi connectivity index (χ4n) is 4.69. The lowest BCUT2D eigenvalue weighted by Crippen LogP contribution is -2.49. The van der Waals surface area contributed by atoms with Gasteiger partial charge in [0, 0.05) is 36.4 Å². The van der Waals surface area contributed by atoms with Crippen LogP contribution in [0.4, 0.5) is 18.9 Å². The molecule has 0 amide bonds. The van der Waals surface area contributed by atoms with Crippen molar-refractivity contribution in [2.75, 3.05) is 31.1 Å². The zero-order valence-corrected chi connectivity index (χ0v) is 21.3. The van der Waals surface area contributed by atoms with Crippen LogP contribution in [0, 0.1) is 0 Å². The minimum Gasteiger partial charge on any atom is -0.481 e. The molecular formula is C26H31ClF3N3O5. The number of likely N-dealkylation sites (tertiary alicyclic amines) is 1. The second kappa shape index (κ2) is 13.3. The number of rotatable bonds is 7. The van der Waals surface area contributed by atoms with Gasteiger partial charge in [0.1, 0.15) is 0 Å². The minimum atomic E-state index is -5.08. The molecule has 0 radical (unpaired) electrons. The van der Waals surface area contributed by atoms with Gasteiger partial charge in [-0.15, -0.1) is 0 Å². The number of carbonyl (C=O) groups is 2. The lowest BCUT2D eigenvalue weighted by molar-refractivity contribution is -0.192. The molecule has 0 spiro atoms. The Balaban J connectivity index is 0.000000505. The first-order chi connectivity index (χ1) is 17.9. The highest BCUT2D eigenvalue weighted by Crippen LogP contribution is 2.26. The summed E-state index contributed by atoms with van der Waals surface area (Å²) < 4.78 is 31.7. The van der Waals surface area contributed by atoms with E-state index in [1.807, 2.05) is 36.4 Å². The fraction of sp³-hybridized carbons (Fsp3) is 0.462. The van der Waals surface area contributed by atoms with Crippen molar-refractivity contribution in [2.24, 2.45) is 0 Å². The lowest BCUT2D eigenvalue weighted by Gasteiger charge is -2.34. The Morgan fingerprint density at radius 1 is 1.00 bits per heavy atom. The van der Waals surface area contributed by atoms with E-state index >= 15 is 0 Å². The third-order valence-corrected chi connectivity index (χ3v) is 6.81. The van der Waals surface area contributed by atoms with Crippen LogP contribution < -0.4 is 10.2 Å². The van der Waals surface area contributed by atoms with Gasteiger partial charge in [0.2, 0.25) is 0 Å². The molecule has 8 nitrogen and oxygen atoms in total. The van der Waals surface area contributed by atoms with Crippen molar-refractivity contribution in [1.82, 2.24) is 10.2 Å². The number of nitrogens with one attached hydrogen (secondary N) is 1. The maximum absolute atomic E-state index is 11.2.